The molecule has 2 aromatic rings. The first-order valence-corrected chi connectivity index (χ1v) is 8.53. The minimum absolute atomic E-state index is 0.00189. The Morgan fingerprint density at radius 3 is 1.75 bits per heavy atom. The van der Waals surface area contributed by atoms with Crippen LogP contribution in [0.4, 0.5) is 0 Å². The van der Waals surface area contributed by atoms with Crippen molar-refractivity contribution in [2.75, 3.05) is 14.2 Å². The van der Waals surface area contributed by atoms with Crippen LogP contribution in [-0.4, -0.2) is 26.2 Å². The minimum Gasteiger partial charge on any atom is -0.497 e. The minimum atomic E-state index is -1.22. The Morgan fingerprint density at radius 1 is 0.857 bits per heavy atom. The normalized spacial score (nSPS) is 11.0. The van der Waals surface area contributed by atoms with Crippen molar-refractivity contribution in [2.45, 2.75) is 19.6 Å². The van der Waals surface area contributed by atoms with Crippen LogP contribution in [0.3, 0.4) is 0 Å². The van der Waals surface area contributed by atoms with Gasteiger partial charge in [-0.1, -0.05) is 24.3 Å². The van der Waals surface area contributed by atoms with Gasteiger partial charge in [0, 0.05) is 0 Å². The highest BCUT2D eigenvalue weighted by molar-refractivity contribution is 5.82. The molecule has 0 fully saturated rings. The topological polar surface area (TPSA) is 94.9 Å². The lowest BCUT2D eigenvalue weighted by Gasteiger charge is -2.10. The fourth-order valence-corrected chi connectivity index (χ4v) is 2.27. The van der Waals surface area contributed by atoms with Gasteiger partial charge < -0.3 is 18.9 Å². The number of hydrogen-bond acceptors (Lipinski definition) is 7. The SMILES string of the molecule is COc1ccc(COC(=O)CC(C#N)C(=O)OCc2ccc(OC)cc2)cc1. The van der Waals surface area contributed by atoms with Crippen molar-refractivity contribution in [3.8, 4) is 17.6 Å². The van der Waals surface area contributed by atoms with Gasteiger partial charge in [-0.25, -0.2) is 0 Å². The molecule has 1 unspecified atom stereocenters. The first-order valence-electron chi connectivity index (χ1n) is 8.53. The molecule has 0 heterocycles. The van der Waals surface area contributed by atoms with E-state index in [0.717, 1.165) is 11.1 Å². The van der Waals surface area contributed by atoms with Gasteiger partial charge in [0.1, 0.15) is 24.7 Å². The van der Waals surface area contributed by atoms with Crippen molar-refractivity contribution in [3.05, 3.63) is 59.7 Å². The molecule has 0 radical (unpaired) electrons. The Bertz CT molecular complexity index is 823. The Hall–Kier alpha value is -3.53. The number of carbonyl (C=O) groups excluding carboxylic acids is 2. The number of carbonyl (C=O) groups is 2. The summed E-state index contributed by atoms with van der Waals surface area (Å²) in [5.74, 6) is -1.26. The lowest BCUT2D eigenvalue weighted by Crippen LogP contribution is -2.20. The summed E-state index contributed by atoms with van der Waals surface area (Å²) in [4.78, 5) is 24.0. The molecule has 7 heteroatoms. The summed E-state index contributed by atoms with van der Waals surface area (Å²) < 4.78 is 20.3. The third-order valence-electron chi connectivity index (χ3n) is 3.91. The van der Waals surface area contributed by atoms with Crippen LogP contribution in [0.5, 0.6) is 11.5 Å². The van der Waals surface area contributed by atoms with Gasteiger partial charge >= 0.3 is 11.9 Å². The van der Waals surface area contributed by atoms with E-state index < -0.39 is 17.9 Å². The molecule has 0 aliphatic heterocycles. The van der Waals surface area contributed by atoms with Crippen molar-refractivity contribution in [1.82, 2.24) is 0 Å². The number of nitrogens with zero attached hydrogens (tertiary/aromatic N) is 1. The summed E-state index contributed by atoms with van der Waals surface area (Å²) in [6.45, 7) is 0.0454. The highest BCUT2D eigenvalue weighted by atomic mass is 16.5. The van der Waals surface area contributed by atoms with Crippen molar-refractivity contribution >= 4 is 11.9 Å². The van der Waals surface area contributed by atoms with Gasteiger partial charge in [0.05, 0.1) is 26.7 Å². The summed E-state index contributed by atoms with van der Waals surface area (Å²) >= 11 is 0. The molecule has 28 heavy (non-hydrogen) atoms. The zero-order chi connectivity index (χ0) is 20.4. The second-order valence-corrected chi connectivity index (χ2v) is 5.85. The Balaban J connectivity index is 1.79. The molecule has 0 aliphatic carbocycles. The van der Waals surface area contributed by atoms with Crippen LogP contribution >= 0.6 is 0 Å². The number of benzene rings is 2. The Labute approximate surface area is 163 Å². The third kappa shape index (κ3) is 6.32. The molecule has 1 atom stereocenters. The average Bonchev–Trinajstić information content (AvgIpc) is 2.75. The molecule has 0 N–H and O–H groups in total. The highest BCUT2D eigenvalue weighted by Gasteiger charge is 2.24. The summed E-state index contributed by atoms with van der Waals surface area (Å²) in [7, 11) is 3.12. The van der Waals surface area contributed by atoms with Crippen LogP contribution in [0.25, 0.3) is 0 Å². The van der Waals surface area contributed by atoms with E-state index in [1.165, 1.54) is 0 Å². The quantitative estimate of drug-likeness (QED) is 0.614. The van der Waals surface area contributed by atoms with Crippen molar-refractivity contribution in [3.63, 3.8) is 0 Å². The van der Waals surface area contributed by atoms with E-state index in [1.807, 2.05) is 0 Å². The Kier molecular flexibility index (Phi) is 7.85. The monoisotopic (exact) mass is 383 g/mol. The molecule has 0 amide bonds. The molecular formula is C21H21NO6. The molecular weight excluding hydrogens is 362 g/mol. The molecule has 2 aromatic carbocycles. The van der Waals surface area contributed by atoms with Gasteiger partial charge in [-0.05, 0) is 35.4 Å². The average molecular weight is 383 g/mol. The number of nitriles is 1. The van der Waals surface area contributed by atoms with Crippen molar-refractivity contribution in [1.29, 1.82) is 5.26 Å². The maximum Gasteiger partial charge on any atom is 0.324 e. The summed E-state index contributed by atoms with van der Waals surface area (Å²) in [5.41, 5.74) is 1.51. The highest BCUT2D eigenvalue weighted by Crippen LogP contribution is 2.15. The summed E-state index contributed by atoms with van der Waals surface area (Å²) in [6, 6.07) is 15.8. The number of rotatable bonds is 9. The van der Waals surface area contributed by atoms with Crippen LogP contribution in [0.1, 0.15) is 17.5 Å². The molecule has 2 rings (SSSR count). The second kappa shape index (κ2) is 10.6. The maximum absolute atomic E-state index is 12.1. The molecule has 7 nitrogen and oxygen atoms in total. The van der Waals surface area contributed by atoms with Crippen LogP contribution < -0.4 is 9.47 Å². The molecule has 0 saturated carbocycles. The van der Waals surface area contributed by atoms with E-state index in [9.17, 15) is 9.59 Å². The number of methoxy groups -OCH3 is 2. The van der Waals surface area contributed by atoms with E-state index >= 15 is 0 Å². The van der Waals surface area contributed by atoms with E-state index in [1.54, 1.807) is 68.8 Å². The van der Waals surface area contributed by atoms with E-state index in [2.05, 4.69) is 0 Å². The maximum atomic E-state index is 12.1. The zero-order valence-corrected chi connectivity index (χ0v) is 15.7. The summed E-state index contributed by atoms with van der Waals surface area (Å²) in [6.07, 6.45) is -0.367. The van der Waals surface area contributed by atoms with Crippen LogP contribution in [-0.2, 0) is 32.3 Å². The lowest BCUT2D eigenvalue weighted by molar-refractivity contribution is -0.154. The second-order valence-electron chi connectivity index (χ2n) is 5.85. The van der Waals surface area contributed by atoms with E-state index in [-0.39, 0.29) is 19.6 Å². The van der Waals surface area contributed by atoms with Crippen LogP contribution in [0.2, 0.25) is 0 Å². The van der Waals surface area contributed by atoms with Gasteiger partial charge in [-0.2, -0.15) is 5.26 Å². The molecule has 0 aromatic heterocycles. The fraction of sp³-hybridized carbons (Fsp3) is 0.286. The Morgan fingerprint density at radius 2 is 1.32 bits per heavy atom. The first-order chi connectivity index (χ1) is 13.5. The molecule has 0 aliphatic rings. The predicted molar refractivity (Wildman–Crippen MR) is 99.3 cm³/mol. The van der Waals surface area contributed by atoms with Crippen LogP contribution in [0.15, 0.2) is 48.5 Å². The zero-order valence-electron chi connectivity index (χ0n) is 15.7. The number of ether oxygens (including phenoxy) is 4. The predicted octanol–water partition coefficient (Wildman–Crippen LogP) is 3.02. The van der Waals surface area contributed by atoms with Gasteiger partial charge in [-0.3, -0.25) is 9.59 Å². The van der Waals surface area contributed by atoms with E-state index in [0.29, 0.717) is 11.5 Å². The van der Waals surface area contributed by atoms with Gasteiger partial charge in [0.2, 0.25) is 0 Å². The lowest BCUT2D eigenvalue weighted by atomic mass is 10.1. The number of esters is 2. The van der Waals surface area contributed by atoms with Crippen LogP contribution in [0, 0.1) is 17.2 Å². The van der Waals surface area contributed by atoms with Gasteiger partial charge in [-0.15, -0.1) is 0 Å². The fourth-order valence-electron chi connectivity index (χ4n) is 2.27. The molecule has 146 valence electrons. The van der Waals surface area contributed by atoms with Gasteiger partial charge in [0.15, 0.2) is 5.92 Å². The molecule has 0 saturated heterocycles. The standard InChI is InChI=1S/C21H21NO6/c1-25-18-7-3-15(4-8-18)13-27-20(23)11-17(12-22)21(24)28-14-16-5-9-19(26-2)10-6-16/h3-10,17H,11,13-14H2,1-2H3. The van der Waals surface area contributed by atoms with Crippen molar-refractivity contribution < 1.29 is 28.5 Å². The largest absolute Gasteiger partial charge is 0.497 e. The third-order valence-corrected chi connectivity index (χ3v) is 3.91. The molecule has 0 spiro atoms. The first kappa shape index (κ1) is 20.8. The number of hydrogen-bond donors (Lipinski definition) is 0. The van der Waals surface area contributed by atoms with Crippen molar-refractivity contribution in [2.24, 2.45) is 5.92 Å². The van der Waals surface area contributed by atoms with E-state index in [4.69, 9.17) is 24.2 Å². The molecule has 0 bridgehead atoms. The summed E-state index contributed by atoms with van der Waals surface area (Å²) in [5, 5.41) is 9.16. The van der Waals surface area contributed by atoms with Gasteiger partial charge in [0.25, 0.3) is 0 Å². The smallest absolute Gasteiger partial charge is 0.324 e.